The van der Waals surface area contributed by atoms with Crippen molar-refractivity contribution in [2.45, 2.75) is 13.0 Å². The summed E-state index contributed by atoms with van der Waals surface area (Å²) in [6.07, 6.45) is 3.18. The number of nitrogens with zero attached hydrogens (tertiary/aromatic N) is 4. The zero-order valence-electron chi connectivity index (χ0n) is 13.8. The van der Waals surface area contributed by atoms with Crippen LogP contribution in [0.1, 0.15) is 24.4 Å². The molecule has 2 aromatic carbocycles. The van der Waals surface area contributed by atoms with E-state index < -0.39 is 0 Å². The van der Waals surface area contributed by atoms with Gasteiger partial charge in [-0.2, -0.15) is 4.68 Å². The fourth-order valence-corrected chi connectivity index (χ4v) is 2.69. The van der Waals surface area contributed by atoms with Gasteiger partial charge in [0.15, 0.2) is 5.82 Å². The van der Waals surface area contributed by atoms with Gasteiger partial charge in [-0.05, 0) is 65.4 Å². The third-order valence-corrected chi connectivity index (χ3v) is 4.39. The zero-order valence-corrected chi connectivity index (χ0v) is 16.1. The van der Waals surface area contributed by atoms with Crippen molar-refractivity contribution in [2.24, 2.45) is 0 Å². The molecular formula is C18H15BrClN5O. The van der Waals surface area contributed by atoms with Crippen molar-refractivity contribution in [1.29, 1.82) is 0 Å². The minimum Gasteiger partial charge on any atom is -0.343 e. The summed E-state index contributed by atoms with van der Waals surface area (Å²) in [4.78, 5) is 12.2. The van der Waals surface area contributed by atoms with Gasteiger partial charge in [0.2, 0.25) is 5.91 Å². The SMILES string of the molecule is CC(NC(=O)/C=C/c1ccc(Cl)cc1)c1nnnn1-c1ccc(Br)cc1. The van der Waals surface area contributed by atoms with Crippen molar-refractivity contribution >= 4 is 39.5 Å². The largest absolute Gasteiger partial charge is 0.343 e. The molecule has 26 heavy (non-hydrogen) atoms. The number of hydrogen-bond donors (Lipinski definition) is 1. The first-order valence-electron chi connectivity index (χ1n) is 7.81. The number of halogens is 2. The number of carbonyl (C=O) groups is 1. The van der Waals surface area contributed by atoms with E-state index in [1.165, 1.54) is 6.08 Å². The average Bonchev–Trinajstić information content (AvgIpc) is 3.12. The molecule has 0 saturated carbocycles. The lowest BCUT2D eigenvalue weighted by Crippen LogP contribution is -2.27. The van der Waals surface area contributed by atoms with Crippen LogP contribution in [0, 0.1) is 0 Å². The molecule has 1 amide bonds. The van der Waals surface area contributed by atoms with E-state index in [4.69, 9.17) is 11.6 Å². The number of benzene rings is 2. The number of nitrogens with one attached hydrogen (secondary N) is 1. The highest BCUT2D eigenvalue weighted by Gasteiger charge is 2.17. The Kier molecular flexibility index (Phi) is 5.80. The van der Waals surface area contributed by atoms with Gasteiger partial charge in [-0.1, -0.05) is 39.7 Å². The lowest BCUT2D eigenvalue weighted by Gasteiger charge is -2.12. The van der Waals surface area contributed by atoms with Gasteiger partial charge in [0, 0.05) is 15.6 Å². The van der Waals surface area contributed by atoms with Crippen LogP contribution in [0.2, 0.25) is 5.02 Å². The van der Waals surface area contributed by atoms with Crippen LogP contribution in [-0.2, 0) is 4.79 Å². The van der Waals surface area contributed by atoms with Crippen LogP contribution in [0.15, 0.2) is 59.1 Å². The van der Waals surface area contributed by atoms with Crippen LogP contribution in [0.25, 0.3) is 11.8 Å². The molecule has 0 radical (unpaired) electrons. The molecule has 1 aromatic heterocycles. The molecule has 0 fully saturated rings. The van der Waals surface area contributed by atoms with Gasteiger partial charge in [0.05, 0.1) is 11.7 Å². The number of aromatic nitrogens is 4. The second-order valence-electron chi connectivity index (χ2n) is 5.54. The van der Waals surface area contributed by atoms with E-state index in [0.29, 0.717) is 10.8 Å². The van der Waals surface area contributed by atoms with Crippen molar-refractivity contribution in [3.63, 3.8) is 0 Å². The molecule has 0 aliphatic carbocycles. The van der Waals surface area contributed by atoms with E-state index in [9.17, 15) is 4.79 Å². The van der Waals surface area contributed by atoms with Crippen molar-refractivity contribution in [2.75, 3.05) is 0 Å². The first-order chi connectivity index (χ1) is 12.5. The molecule has 0 bridgehead atoms. The summed E-state index contributed by atoms with van der Waals surface area (Å²) < 4.78 is 2.56. The van der Waals surface area contributed by atoms with Gasteiger partial charge in [-0.25, -0.2) is 0 Å². The predicted molar refractivity (Wildman–Crippen MR) is 104 cm³/mol. The number of amides is 1. The Balaban J connectivity index is 1.69. The van der Waals surface area contributed by atoms with Crippen LogP contribution in [0.4, 0.5) is 0 Å². The van der Waals surface area contributed by atoms with Crippen LogP contribution in [0.5, 0.6) is 0 Å². The highest BCUT2D eigenvalue weighted by atomic mass is 79.9. The quantitative estimate of drug-likeness (QED) is 0.619. The molecular weight excluding hydrogens is 418 g/mol. The maximum atomic E-state index is 12.2. The van der Waals surface area contributed by atoms with E-state index in [1.807, 2.05) is 43.3 Å². The van der Waals surface area contributed by atoms with E-state index in [1.54, 1.807) is 22.9 Å². The molecule has 1 atom stereocenters. The summed E-state index contributed by atoms with van der Waals surface area (Å²) in [5.74, 6) is 0.304. The highest BCUT2D eigenvalue weighted by Crippen LogP contribution is 2.17. The summed E-state index contributed by atoms with van der Waals surface area (Å²) in [5, 5.41) is 15.3. The predicted octanol–water partition coefficient (Wildman–Crippen LogP) is 3.97. The average molecular weight is 433 g/mol. The number of hydrogen-bond acceptors (Lipinski definition) is 4. The Morgan fingerprint density at radius 2 is 1.88 bits per heavy atom. The van der Waals surface area contributed by atoms with Crippen molar-refractivity contribution in [3.05, 3.63) is 75.5 Å². The molecule has 0 spiro atoms. The van der Waals surface area contributed by atoms with E-state index in [2.05, 4.69) is 36.8 Å². The minimum atomic E-state index is -0.365. The molecule has 1 unspecified atom stereocenters. The molecule has 1 N–H and O–H groups in total. The highest BCUT2D eigenvalue weighted by molar-refractivity contribution is 9.10. The second-order valence-corrected chi connectivity index (χ2v) is 6.89. The first kappa shape index (κ1) is 18.3. The summed E-state index contributed by atoms with van der Waals surface area (Å²) >= 11 is 9.24. The number of tetrazole rings is 1. The Labute approximate surface area is 164 Å². The van der Waals surface area contributed by atoms with E-state index >= 15 is 0 Å². The topological polar surface area (TPSA) is 72.7 Å². The molecule has 0 saturated heterocycles. The van der Waals surface area contributed by atoms with Crippen LogP contribution in [0.3, 0.4) is 0 Å². The molecule has 0 aliphatic rings. The molecule has 3 rings (SSSR count). The van der Waals surface area contributed by atoms with Crippen molar-refractivity contribution in [1.82, 2.24) is 25.5 Å². The van der Waals surface area contributed by atoms with Crippen LogP contribution >= 0.6 is 27.5 Å². The number of carbonyl (C=O) groups excluding carboxylic acids is 1. The van der Waals surface area contributed by atoms with Gasteiger partial charge >= 0.3 is 0 Å². The first-order valence-corrected chi connectivity index (χ1v) is 8.98. The Morgan fingerprint density at radius 3 is 2.58 bits per heavy atom. The van der Waals surface area contributed by atoms with Gasteiger partial charge < -0.3 is 5.32 Å². The maximum Gasteiger partial charge on any atom is 0.244 e. The molecule has 6 nitrogen and oxygen atoms in total. The minimum absolute atomic E-state index is 0.238. The zero-order chi connectivity index (χ0) is 18.5. The standard InChI is InChI=1S/C18H15BrClN5O/c1-12(21-17(26)11-4-13-2-7-15(20)8-3-13)18-22-23-24-25(18)16-9-5-14(19)6-10-16/h2-12H,1H3,(H,21,26)/b11-4+. The fraction of sp³-hybridized carbons (Fsp3) is 0.111. The number of rotatable bonds is 5. The van der Waals surface area contributed by atoms with Gasteiger partial charge in [-0.3, -0.25) is 4.79 Å². The molecule has 3 aromatic rings. The Morgan fingerprint density at radius 1 is 1.19 bits per heavy atom. The Bertz CT molecular complexity index is 922. The van der Waals surface area contributed by atoms with E-state index in [-0.39, 0.29) is 11.9 Å². The lowest BCUT2D eigenvalue weighted by atomic mass is 10.2. The normalized spacial score (nSPS) is 12.3. The lowest BCUT2D eigenvalue weighted by molar-refractivity contribution is -0.117. The molecule has 0 aliphatic heterocycles. The summed E-state index contributed by atoms with van der Waals surface area (Å²) in [5.41, 5.74) is 1.70. The summed E-state index contributed by atoms with van der Waals surface area (Å²) in [7, 11) is 0. The fourth-order valence-electron chi connectivity index (χ4n) is 2.30. The molecule has 1 heterocycles. The Hall–Kier alpha value is -2.51. The molecule has 8 heteroatoms. The van der Waals surface area contributed by atoms with Gasteiger partial charge in [-0.15, -0.1) is 5.10 Å². The van der Waals surface area contributed by atoms with Gasteiger partial charge in [0.1, 0.15) is 0 Å². The summed E-state index contributed by atoms with van der Waals surface area (Å²) in [6, 6.07) is 14.4. The second kappa shape index (κ2) is 8.25. The monoisotopic (exact) mass is 431 g/mol. The maximum absolute atomic E-state index is 12.2. The van der Waals surface area contributed by atoms with E-state index in [0.717, 1.165) is 15.7 Å². The van der Waals surface area contributed by atoms with Gasteiger partial charge in [0.25, 0.3) is 0 Å². The van der Waals surface area contributed by atoms with Crippen molar-refractivity contribution in [3.8, 4) is 5.69 Å². The van der Waals surface area contributed by atoms with Crippen molar-refractivity contribution < 1.29 is 4.79 Å². The smallest absolute Gasteiger partial charge is 0.244 e. The molecule has 132 valence electrons. The third-order valence-electron chi connectivity index (χ3n) is 3.61. The summed E-state index contributed by atoms with van der Waals surface area (Å²) in [6.45, 7) is 1.83. The van der Waals surface area contributed by atoms with Crippen LogP contribution < -0.4 is 5.32 Å². The third kappa shape index (κ3) is 4.56. The van der Waals surface area contributed by atoms with Crippen LogP contribution in [-0.4, -0.2) is 26.1 Å².